The molecule has 1 aliphatic heterocycles. The molecule has 0 spiro atoms. The Bertz CT molecular complexity index is 601. The first kappa shape index (κ1) is 17.0. The number of rotatable bonds is 6. The van der Waals surface area contributed by atoms with Gasteiger partial charge in [0.2, 0.25) is 5.91 Å². The Kier molecular flexibility index (Phi) is 5.58. The number of amides is 1. The fourth-order valence-electron chi connectivity index (χ4n) is 2.75. The highest BCUT2D eigenvalue weighted by atomic mass is 32.2. The maximum absolute atomic E-state index is 12.4. The second-order valence-electron chi connectivity index (χ2n) is 5.87. The number of sulfone groups is 1. The highest BCUT2D eigenvalue weighted by Crippen LogP contribution is 2.16. The third-order valence-corrected chi connectivity index (χ3v) is 5.92. The molecular weight excluding hydrogens is 300 g/mol. The van der Waals surface area contributed by atoms with E-state index in [1.54, 1.807) is 4.90 Å². The van der Waals surface area contributed by atoms with Crippen LogP contribution in [0.3, 0.4) is 0 Å². The van der Waals surface area contributed by atoms with Gasteiger partial charge in [-0.05, 0) is 26.0 Å². The van der Waals surface area contributed by atoms with Crippen molar-refractivity contribution in [2.75, 3.05) is 31.6 Å². The molecule has 0 bridgehead atoms. The van der Waals surface area contributed by atoms with Gasteiger partial charge in [0.15, 0.2) is 9.84 Å². The Morgan fingerprint density at radius 1 is 1.27 bits per heavy atom. The molecule has 22 heavy (non-hydrogen) atoms. The second-order valence-corrected chi connectivity index (χ2v) is 8.09. The first-order chi connectivity index (χ1) is 10.4. The molecule has 1 amide bonds. The highest BCUT2D eigenvalue weighted by Gasteiger charge is 2.31. The van der Waals surface area contributed by atoms with Gasteiger partial charge in [-0.25, -0.2) is 8.42 Å². The molecule has 1 aromatic rings. The van der Waals surface area contributed by atoms with Crippen molar-refractivity contribution in [2.24, 2.45) is 0 Å². The van der Waals surface area contributed by atoms with Crippen LogP contribution in [0, 0.1) is 0 Å². The third kappa shape index (κ3) is 4.55. The molecule has 2 rings (SSSR count). The third-order valence-electron chi connectivity index (χ3n) is 4.17. The van der Waals surface area contributed by atoms with Crippen LogP contribution in [0.4, 0.5) is 0 Å². The van der Waals surface area contributed by atoms with Crippen LogP contribution in [0.1, 0.15) is 18.9 Å². The average molecular weight is 324 g/mol. The van der Waals surface area contributed by atoms with Gasteiger partial charge in [-0.15, -0.1) is 0 Å². The Balaban J connectivity index is 1.92. The van der Waals surface area contributed by atoms with Crippen LogP contribution >= 0.6 is 0 Å². The number of carbonyl (C=O) groups excluding carboxylic acids is 1. The van der Waals surface area contributed by atoms with E-state index in [1.165, 1.54) is 0 Å². The highest BCUT2D eigenvalue weighted by molar-refractivity contribution is 7.91. The monoisotopic (exact) mass is 324 g/mol. The molecule has 0 radical (unpaired) electrons. The zero-order valence-corrected chi connectivity index (χ0v) is 14.1. The van der Waals surface area contributed by atoms with Crippen LogP contribution in [0.2, 0.25) is 0 Å². The van der Waals surface area contributed by atoms with Crippen molar-refractivity contribution >= 4 is 15.7 Å². The van der Waals surface area contributed by atoms with Gasteiger partial charge in [-0.1, -0.05) is 30.3 Å². The summed E-state index contributed by atoms with van der Waals surface area (Å²) in [6.07, 6.45) is 0.622. The molecule has 122 valence electrons. The van der Waals surface area contributed by atoms with Crippen LogP contribution in [0.25, 0.3) is 0 Å². The maximum atomic E-state index is 12.4. The largest absolute Gasteiger partial charge is 0.338 e. The van der Waals surface area contributed by atoms with E-state index in [0.717, 1.165) is 5.56 Å². The average Bonchev–Trinajstić information content (AvgIpc) is 2.86. The van der Waals surface area contributed by atoms with Crippen molar-refractivity contribution in [2.45, 2.75) is 25.9 Å². The summed E-state index contributed by atoms with van der Waals surface area (Å²) in [7, 11) is -1.08. The Morgan fingerprint density at radius 2 is 1.95 bits per heavy atom. The first-order valence-electron chi connectivity index (χ1n) is 7.63. The van der Waals surface area contributed by atoms with Gasteiger partial charge in [0, 0.05) is 19.1 Å². The smallest absolute Gasteiger partial charge is 0.237 e. The number of hydrogen-bond donors (Lipinski definition) is 0. The van der Waals surface area contributed by atoms with Crippen LogP contribution in [0.15, 0.2) is 30.3 Å². The standard InChI is InChI=1S/C16H24N2O3S/c1-3-18(11-14-7-5-4-6-8-14)16(19)12-17(2)15-9-10-22(20,21)13-15/h4-8,15H,3,9-13H2,1-2H3. The van der Waals surface area contributed by atoms with Crippen LogP contribution in [-0.2, 0) is 21.2 Å². The molecule has 0 N–H and O–H groups in total. The van der Waals surface area contributed by atoms with Crippen LogP contribution in [-0.4, -0.2) is 61.8 Å². The lowest BCUT2D eigenvalue weighted by atomic mass is 10.2. The lowest BCUT2D eigenvalue weighted by molar-refractivity contribution is -0.132. The molecule has 0 saturated carbocycles. The lowest BCUT2D eigenvalue weighted by Crippen LogP contribution is -2.43. The summed E-state index contributed by atoms with van der Waals surface area (Å²) in [5, 5.41) is 0. The molecule has 5 nitrogen and oxygen atoms in total. The molecule has 1 aromatic carbocycles. The molecule has 0 aliphatic carbocycles. The van der Waals surface area contributed by atoms with E-state index in [2.05, 4.69) is 0 Å². The predicted octanol–water partition coefficient (Wildman–Crippen LogP) is 1.15. The second kappa shape index (κ2) is 7.24. The van der Waals surface area contributed by atoms with Gasteiger partial charge in [-0.3, -0.25) is 9.69 Å². The van der Waals surface area contributed by atoms with Crippen molar-refractivity contribution in [3.05, 3.63) is 35.9 Å². The number of hydrogen-bond acceptors (Lipinski definition) is 4. The van der Waals surface area contributed by atoms with Crippen molar-refractivity contribution in [1.29, 1.82) is 0 Å². The fourth-order valence-corrected chi connectivity index (χ4v) is 4.55. The van der Waals surface area contributed by atoms with E-state index in [-0.39, 0.29) is 30.0 Å². The van der Waals surface area contributed by atoms with Gasteiger partial charge in [0.25, 0.3) is 0 Å². The molecule has 1 unspecified atom stereocenters. The van der Waals surface area contributed by atoms with Gasteiger partial charge in [-0.2, -0.15) is 0 Å². The Morgan fingerprint density at radius 3 is 2.50 bits per heavy atom. The number of likely N-dealkylation sites (N-methyl/N-ethyl adjacent to an activating group) is 2. The van der Waals surface area contributed by atoms with E-state index < -0.39 is 9.84 Å². The summed E-state index contributed by atoms with van der Waals surface area (Å²) in [6, 6.07) is 9.85. The van der Waals surface area contributed by atoms with Crippen LogP contribution < -0.4 is 0 Å². The zero-order chi connectivity index (χ0) is 16.2. The Hall–Kier alpha value is -1.40. The summed E-state index contributed by atoms with van der Waals surface area (Å²) in [5.74, 6) is 0.442. The number of nitrogens with zero attached hydrogens (tertiary/aromatic N) is 2. The number of carbonyl (C=O) groups is 1. The van der Waals surface area contributed by atoms with Gasteiger partial charge in [0.05, 0.1) is 18.1 Å². The van der Waals surface area contributed by atoms with E-state index in [0.29, 0.717) is 19.5 Å². The molecule has 1 aliphatic rings. The molecular formula is C16H24N2O3S. The molecule has 6 heteroatoms. The van der Waals surface area contributed by atoms with Crippen molar-refractivity contribution < 1.29 is 13.2 Å². The lowest BCUT2D eigenvalue weighted by Gasteiger charge is -2.27. The van der Waals surface area contributed by atoms with Gasteiger partial charge in [0.1, 0.15) is 0 Å². The minimum Gasteiger partial charge on any atom is -0.338 e. The van der Waals surface area contributed by atoms with E-state index in [9.17, 15) is 13.2 Å². The molecule has 1 heterocycles. The molecule has 1 saturated heterocycles. The number of benzene rings is 1. The summed E-state index contributed by atoms with van der Waals surface area (Å²) in [5.41, 5.74) is 1.10. The van der Waals surface area contributed by atoms with Crippen molar-refractivity contribution in [3.63, 3.8) is 0 Å². The summed E-state index contributed by atoms with van der Waals surface area (Å²) in [6.45, 7) is 3.46. The summed E-state index contributed by atoms with van der Waals surface area (Å²) < 4.78 is 23.1. The summed E-state index contributed by atoms with van der Waals surface area (Å²) >= 11 is 0. The predicted molar refractivity (Wildman–Crippen MR) is 87.2 cm³/mol. The first-order valence-corrected chi connectivity index (χ1v) is 9.46. The minimum absolute atomic E-state index is 0.0376. The molecule has 0 aromatic heterocycles. The Labute approximate surface area is 132 Å². The maximum Gasteiger partial charge on any atom is 0.237 e. The van der Waals surface area contributed by atoms with Crippen molar-refractivity contribution in [3.8, 4) is 0 Å². The normalized spacial score (nSPS) is 20.2. The van der Waals surface area contributed by atoms with Gasteiger partial charge < -0.3 is 4.90 Å². The summed E-state index contributed by atoms with van der Waals surface area (Å²) in [4.78, 5) is 16.1. The van der Waals surface area contributed by atoms with E-state index >= 15 is 0 Å². The minimum atomic E-state index is -2.92. The fraction of sp³-hybridized carbons (Fsp3) is 0.562. The quantitative estimate of drug-likeness (QED) is 0.788. The van der Waals surface area contributed by atoms with Gasteiger partial charge >= 0.3 is 0 Å². The SMILES string of the molecule is CCN(Cc1ccccc1)C(=O)CN(C)C1CCS(=O)(=O)C1. The topological polar surface area (TPSA) is 57.7 Å². The van der Waals surface area contributed by atoms with E-state index in [1.807, 2.05) is 49.2 Å². The zero-order valence-electron chi connectivity index (χ0n) is 13.2. The van der Waals surface area contributed by atoms with Crippen molar-refractivity contribution in [1.82, 2.24) is 9.80 Å². The van der Waals surface area contributed by atoms with Crippen LogP contribution in [0.5, 0.6) is 0 Å². The molecule has 1 fully saturated rings. The van der Waals surface area contributed by atoms with E-state index in [4.69, 9.17) is 0 Å². The molecule has 1 atom stereocenters.